The van der Waals surface area contributed by atoms with E-state index in [-0.39, 0.29) is 54.1 Å². The van der Waals surface area contributed by atoms with Crippen molar-refractivity contribution in [1.82, 2.24) is 84.1 Å². The first-order valence-corrected chi connectivity index (χ1v) is 44.9. The van der Waals surface area contributed by atoms with Crippen molar-refractivity contribution in [3.05, 3.63) is 131 Å². The number of carbonyl (C=O) groups is 20. The van der Waals surface area contributed by atoms with Gasteiger partial charge in [-0.05, 0) is 105 Å². The predicted molar refractivity (Wildman–Crippen MR) is 475 cm³/mol. The molecule has 1 aliphatic rings. The minimum Gasteiger partial charge on any atom is -0.481 e. The van der Waals surface area contributed by atoms with Crippen LogP contribution in [0.15, 0.2) is 108 Å². The average molecular weight is 1950 g/mol. The Kier molecular flexibility index (Phi) is 43.9. The number of nitrogens with two attached hydrogens (primary N) is 2. The van der Waals surface area contributed by atoms with E-state index in [0.29, 0.717) is 34.9 Å². The van der Waals surface area contributed by atoms with E-state index in [1.54, 1.807) is 30.5 Å². The summed E-state index contributed by atoms with van der Waals surface area (Å²) in [6.45, 7) is 0.478. The maximum absolute atomic E-state index is 15.1. The largest absolute Gasteiger partial charge is 0.481 e. The number of alkyl halides is 3. The number of carbonyl (C=O) groups excluding carboxylic acids is 16. The second-order valence-electron chi connectivity index (χ2n) is 32.3. The average Bonchev–Trinajstić information content (AvgIpc) is 1.68. The molecule has 0 aliphatic carbocycles. The summed E-state index contributed by atoms with van der Waals surface area (Å²) in [7, 11) is -4.26. The highest BCUT2D eigenvalue weighted by Gasteiger charge is 2.42. The van der Waals surface area contributed by atoms with Gasteiger partial charge in [0.2, 0.25) is 92.7 Å². The Morgan fingerprint density at radius 1 is 0.547 bits per heavy atom. The maximum Gasteiger partial charge on any atom is 0.416 e. The van der Waals surface area contributed by atoms with Crippen LogP contribution >= 0.6 is 0 Å². The van der Waals surface area contributed by atoms with Gasteiger partial charge in [0.05, 0.1) is 62.3 Å². The number of aliphatic carboxylic acids is 4. The van der Waals surface area contributed by atoms with Gasteiger partial charge in [-0.25, -0.2) is 17.9 Å². The zero-order valence-electron chi connectivity index (χ0n) is 74.9. The minimum atomic E-state index is -4.65. The van der Waals surface area contributed by atoms with Gasteiger partial charge in [-0.1, -0.05) is 107 Å². The van der Waals surface area contributed by atoms with Gasteiger partial charge < -0.3 is 121 Å². The fraction of sp³-hybridized carbons (Fsp3) is 0.471. The van der Waals surface area contributed by atoms with Crippen molar-refractivity contribution in [2.24, 2.45) is 11.7 Å². The standard InChI is InChI=1S/C87H113F3N18O28S/c1-5-6-7-8-9-10-11-22-67(112)100-58(33-50-41-94-56-20-15-13-17-53(50)56)80(127)103-59(35-66(92)111)81(128)105-62(38-73(121)122)82(129)108-75-47(4)136-86(133)63(34-65(110)54-18-12-14-19-55(54)91)106-85(132)74(45(2)32-70(115)116)107-83(130)64(44-109)101-69(114)42-95-77(124)60(36-71(117)118)102-76(123)46(3)98-79(126)61(37-72(119)120)104-78(125)57(99-68(113)43-96-84(75)131)21-16-31-93-39-48-25-29-52(30-26-48)137(134,135)97-40-49-23-27-51(28-24-49)87(88,89)90/h12-15,17-20,23-30,41,45-47,57-64,74-75,93-94,97,109H,5-11,16,21-22,31-40,42-44,91H2,1-4H3,(H2,92,111)(H,95,124)(H,96,131)(H,98,126)(H,99,113)(H,100,112)(H,101,114)(H,102,123)(H,103,127)(H,104,125)(H,105,128)(H,106,132)(H,107,130)(H,108,129)(H,115,116)(H,117,118)(H,119,120)(H,121,122)/t45-,46-,47?,57+,58+,59+,60+,61?,62+,63+,64-,74?,75?/m1/s1. The number of H-pyrrole nitrogens is 1. The molecule has 0 radical (unpaired) electrons. The van der Waals surface area contributed by atoms with Crippen LogP contribution in [0.25, 0.3) is 10.9 Å². The number of fused-ring (bicyclic) bond motifs is 1. The number of cyclic esters (lactones) is 1. The number of carboxylic acids is 4. The van der Waals surface area contributed by atoms with Crippen molar-refractivity contribution in [2.45, 2.75) is 234 Å². The lowest BCUT2D eigenvalue weighted by atomic mass is 9.96. The van der Waals surface area contributed by atoms with Crippen molar-refractivity contribution < 1.29 is 148 Å². The molecular weight excluding hydrogens is 1830 g/mol. The molecule has 0 saturated carbocycles. The number of ether oxygens (including phenoxy) is 1. The summed E-state index contributed by atoms with van der Waals surface area (Å²) in [5.41, 5.74) is 12.0. The molecule has 4 aromatic carbocycles. The summed E-state index contributed by atoms with van der Waals surface area (Å²) in [6.07, 6.45) is -7.80. The summed E-state index contributed by atoms with van der Waals surface area (Å²) in [4.78, 5) is 280. The summed E-state index contributed by atoms with van der Waals surface area (Å²) in [5, 5.41) is 82.4. The van der Waals surface area contributed by atoms with Crippen LogP contribution in [-0.2, 0) is 132 Å². The highest BCUT2D eigenvalue weighted by molar-refractivity contribution is 7.89. The van der Waals surface area contributed by atoms with Crippen molar-refractivity contribution >= 4 is 145 Å². The molecule has 746 valence electrons. The Hall–Kier alpha value is -14.6. The zero-order chi connectivity index (χ0) is 102. The number of unbranched alkanes of at least 4 members (excludes halogenated alkanes) is 6. The molecule has 14 amide bonds. The smallest absolute Gasteiger partial charge is 0.416 e. The molecule has 50 heteroatoms. The third-order valence-corrected chi connectivity index (χ3v) is 22.7. The number of nitrogens with one attached hydrogen (secondary N) is 16. The number of aliphatic hydroxyl groups is 1. The second kappa shape index (κ2) is 54.1. The third-order valence-electron chi connectivity index (χ3n) is 21.3. The number of aromatic nitrogens is 1. The van der Waals surface area contributed by atoms with E-state index in [9.17, 15) is 133 Å². The molecule has 1 aromatic heterocycles. The van der Waals surface area contributed by atoms with Crippen LogP contribution in [0.1, 0.15) is 163 Å². The summed E-state index contributed by atoms with van der Waals surface area (Å²) >= 11 is 0. The van der Waals surface area contributed by atoms with Crippen molar-refractivity contribution in [2.75, 3.05) is 32.0 Å². The van der Waals surface area contributed by atoms with Gasteiger partial charge in [-0.3, -0.25) is 91.1 Å². The molecule has 1 saturated heterocycles. The molecule has 0 bridgehead atoms. The fourth-order valence-electron chi connectivity index (χ4n) is 13.9. The third kappa shape index (κ3) is 37.3. The quantitative estimate of drug-likeness (QED) is 0.00846. The first-order chi connectivity index (χ1) is 64.7. The molecule has 0 spiro atoms. The van der Waals surface area contributed by atoms with Gasteiger partial charge in [-0.15, -0.1) is 0 Å². The Labute approximate surface area is 781 Å². The zero-order valence-corrected chi connectivity index (χ0v) is 75.7. The summed E-state index contributed by atoms with van der Waals surface area (Å²) in [6, 6.07) is -2.56. The number of anilines is 1. The first-order valence-electron chi connectivity index (χ1n) is 43.4. The summed E-state index contributed by atoms with van der Waals surface area (Å²) < 4.78 is 74.0. The molecule has 1 fully saturated rings. The lowest BCUT2D eigenvalue weighted by Gasteiger charge is -2.30. The molecule has 137 heavy (non-hydrogen) atoms. The fourth-order valence-corrected chi connectivity index (χ4v) is 15.0. The van der Waals surface area contributed by atoms with Gasteiger partial charge in [0.15, 0.2) is 5.78 Å². The van der Waals surface area contributed by atoms with Gasteiger partial charge >= 0.3 is 36.0 Å². The van der Waals surface area contributed by atoms with E-state index >= 15 is 9.59 Å². The molecular formula is C87H113F3N18O28S. The van der Waals surface area contributed by atoms with E-state index in [4.69, 9.17) is 16.2 Å². The number of nitrogen functional groups attached to an aromatic ring is 1. The number of para-hydroxylation sites is 2. The number of halogens is 3. The second-order valence-corrected chi connectivity index (χ2v) is 34.1. The Balaban J connectivity index is 1.41. The number of primary amides is 1. The van der Waals surface area contributed by atoms with E-state index in [1.165, 1.54) is 48.5 Å². The molecule has 6 rings (SSSR count). The van der Waals surface area contributed by atoms with Gasteiger partial charge in [0.1, 0.15) is 72.6 Å². The number of hydrogen-bond acceptors (Lipinski definition) is 26. The van der Waals surface area contributed by atoms with Crippen LogP contribution in [0.4, 0.5) is 18.9 Å². The van der Waals surface area contributed by atoms with Crippen molar-refractivity contribution in [3.63, 3.8) is 0 Å². The lowest BCUT2D eigenvalue weighted by Crippen LogP contribution is -2.62. The number of sulfonamides is 1. The van der Waals surface area contributed by atoms with Crippen LogP contribution < -0.4 is 90.6 Å². The minimum absolute atomic E-state index is 0.0471. The van der Waals surface area contributed by atoms with E-state index < -0.39 is 290 Å². The number of Topliss-reactive ketones (excluding diaryl/α,β-unsaturated/α-hetero) is 1. The van der Waals surface area contributed by atoms with Gasteiger partial charge in [-0.2, -0.15) is 13.2 Å². The van der Waals surface area contributed by atoms with E-state index in [2.05, 4.69) is 75.1 Å². The number of esters is 1. The van der Waals surface area contributed by atoms with Crippen LogP contribution in [0.2, 0.25) is 0 Å². The molecule has 46 nitrogen and oxygen atoms in total. The predicted octanol–water partition coefficient (Wildman–Crippen LogP) is -2.29. The first kappa shape index (κ1) is 111. The molecule has 13 atom stereocenters. The maximum atomic E-state index is 15.1. The monoisotopic (exact) mass is 1950 g/mol. The molecule has 2 heterocycles. The van der Waals surface area contributed by atoms with Crippen LogP contribution in [0.5, 0.6) is 0 Å². The highest BCUT2D eigenvalue weighted by Crippen LogP contribution is 2.30. The normalized spacial score (nSPS) is 19.9. The topological polar surface area (TPSA) is 734 Å². The number of aromatic amines is 1. The van der Waals surface area contributed by atoms with E-state index in [0.717, 1.165) is 77.1 Å². The molecule has 5 aromatic rings. The van der Waals surface area contributed by atoms with E-state index in [1.807, 2.05) is 16.0 Å². The van der Waals surface area contributed by atoms with Crippen LogP contribution in [0.3, 0.4) is 0 Å². The number of benzene rings is 4. The summed E-state index contributed by atoms with van der Waals surface area (Å²) in [5.74, 6) is -30.7. The Morgan fingerprint density at radius 2 is 1.09 bits per heavy atom. The van der Waals surface area contributed by atoms with Crippen LogP contribution in [0, 0.1) is 5.92 Å². The Bertz CT molecular complexity index is 5300. The van der Waals surface area contributed by atoms with Gasteiger partial charge in [0.25, 0.3) is 0 Å². The number of carboxylic acid groups (broad SMARTS) is 4. The number of aliphatic hydroxyl groups excluding tert-OH is 1. The number of rotatable bonds is 42. The number of amides is 14. The van der Waals surface area contributed by atoms with Crippen LogP contribution in [-0.4, -0.2) is 256 Å². The molecule has 4 unspecified atom stereocenters. The lowest BCUT2D eigenvalue weighted by molar-refractivity contribution is -0.156. The van der Waals surface area contributed by atoms with Crippen molar-refractivity contribution in [1.29, 1.82) is 0 Å². The number of hydrogen-bond donors (Lipinski definition) is 23. The SMILES string of the molecule is CCCCCCCCCC(=O)N[C@@H](Cc1c[nH]c2ccccc12)C(=O)N[C@@H](CC(N)=O)C(=O)N[C@@H](CC(=O)O)C(=O)NC1C(=O)NCC(=O)N[C@@H](CCCNCc2ccc(S(=O)(=O)NCc3ccc(C(F)(F)F)cc3)cc2)C(=O)NC(CC(=O)O)C(=O)N[C@H](C)C(=O)N[C@@H](CC(=O)O)C(=O)NCC(=O)N[C@H](CO)C(=O)NC([C@H](C)CC(=O)O)C(=O)N[C@@H](CC(=O)c2ccccc2N)C(=O)OC1C. The number of ketones is 1. The highest BCUT2D eigenvalue weighted by atomic mass is 32.2. The Morgan fingerprint density at radius 3 is 1.69 bits per heavy atom. The molecule has 1 aliphatic heterocycles. The van der Waals surface area contributed by atoms with Crippen molar-refractivity contribution in [3.8, 4) is 0 Å². The molecule has 25 N–H and O–H groups in total. The van der Waals surface area contributed by atoms with Gasteiger partial charge in [0, 0.05) is 60.7 Å².